The van der Waals surface area contributed by atoms with Gasteiger partial charge in [-0.3, -0.25) is 4.79 Å². The maximum absolute atomic E-state index is 12.2. The van der Waals surface area contributed by atoms with E-state index in [0.717, 1.165) is 0 Å². The number of carbonyl (C=O) groups is 1. The molecule has 3 atom stereocenters. The van der Waals surface area contributed by atoms with Crippen LogP contribution in [0.1, 0.15) is 27.7 Å². The van der Waals surface area contributed by atoms with Gasteiger partial charge in [-0.15, -0.1) is 0 Å². The lowest BCUT2D eigenvalue weighted by Gasteiger charge is -2.24. The third kappa shape index (κ3) is 5.08. The smallest absolute Gasteiger partial charge is 0.261 e. The van der Waals surface area contributed by atoms with E-state index in [9.17, 15) is 4.79 Å². The Hall–Kier alpha value is -1.44. The summed E-state index contributed by atoms with van der Waals surface area (Å²) in [6.45, 7) is 7.34. The Bertz CT molecular complexity index is 570. The number of amides is 1. The lowest BCUT2D eigenvalue weighted by atomic mass is 9.91. The molecule has 120 valence electrons. The van der Waals surface area contributed by atoms with Crippen LogP contribution in [-0.2, 0) is 4.79 Å². The van der Waals surface area contributed by atoms with Gasteiger partial charge in [0, 0.05) is 11.1 Å². The molecule has 1 amide bonds. The summed E-state index contributed by atoms with van der Waals surface area (Å²) < 4.78 is 5.55. The lowest BCUT2D eigenvalue weighted by molar-refractivity contribution is -0.128. The van der Waals surface area contributed by atoms with Crippen LogP contribution < -0.4 is 10.1 Å². The van der Waals surface area contributed by atoms with Crippen molar-refractivity contribution in [2.75, 3.05) is 0 Å². The third-order valence-corrected chi connectivity index (χ3v) is 3.87. The van der Waals surface area contributed by atoms with Gasteiger partial charge >= 0.3 is 0 Å². The zero-order chi connectivity index (χ0) is 16.9. The Morgan fingerprint density at radius 3 is 2.41 bits per heavy atom. The minimum Gasteiger partial charge on any atom is -0.479 e. The van der Waals surface area contributed by atoms with Crippen molar-refractivity contribution in [3.8, 4) is 11.8 Å². The fraction of sp³-hybridized carbons (Fsp3) is 0.500. The number of hydrogen-bond donors (Lipinski definition) is 1. The molecule has 0 radical (unpaired) electrons. The standard InChI is InChI=1S/C16H20Cl2N2O2/c1-9(2)13(8-19)10(3)20-16(21)11(4)22-15-6-5-12(17)7-14(15)18/h5-7,9-11,13H,1-4H3,(H,20,21). The molecule has 6 heteroatoms. The van der Waals surface area contributed by atoms with Crippen molar-refractivity contribution in [3.63, 3.8) is 0 Å². The lowest BCUT2D eigenvalue weighted by Crippen LogP contribution is -2.45. The average Bonchev–Trinajstić information content (AvgIpc) is 2.41. The number of rotatable bonds is 6. The van der Waals surface area contributed by atoms with Crippen molar-refractivity contribution in [2.45, 2.75) is 39.8 Å². The van der Waals surface area contributed by atoms with Gasteiger partial charge in [0.2, 0.25) is 0 Å². The Morgan fingerprint density at radius 1 is 1.27 bits per heavy atom. The first-order valence-corrected chi connectivity index (χ1v) is 7.83. The van der Waals surface area contributed by atoms with Crippen LogP contribution in [0.3, 0.4) is 0 Å². The van der Waals surface area contributed by atoms with Crippen LogP contribution in [0.15, 0.2) is 18.2 Å². The van der Waals surface area contributed by atoms with Crippen LogP contribution in [0.5, 0.6) is 5.75 Å². The molecule has 0 spiro atoms. The van der Waals surface area contributed by atoms with E-state index in [1.807, 2.05) is 20.8 Å². The number of carbonyl (C=O) groups excluding carboxylic acids is 1. The summed E-state index contributed by atoms with van der Waals surface area (Å²) in [5.74, 6) is -0.000942. The van der Waals surface area contributed by atoms with Crippen LogP contribution in [0.2, 0.25) is 10.0 Å². The summed E-state index contributed by atoms with van der Waals surface area (Å²) in [6, 6.07) is 6.77. The number of nitrogens with one attached hydrogen (secondary N) is 1. The summed E-state index contributed by atoms with van der Waals surface area (Å²) in [7, 11) is 0. The van der Waals surface area contributed by atoms with Crippen molar-refractivity contribution < 1.29 is 9.53 Å². The molecular formula is C16H20Cl2N2O2. The zero-order valence-electron chi connectivity index (χ0n) is 13.1. The van der Waals surface area contributed by atoms with Crippen LogP contribution in [-0.4, -0.2) is 18.1 Å². The molecule has 0 heterocycles. The summed E-state index contributed by atoms with van der Waals surface area (Å²) in [4.78, 5) is 12.2. The largest absolute Gasteiger partial charge is 0.479 e. The van der Waals surface area contributed by atoms with Gasteiger partial charge in [-0.05, 0) is 38.0 Å². The molecule has 0 saturated carbocycles. The molecule has 0 aromatic heterocycles. The van der Waals surface area contributed by atoms with E-state index in [1.54, 1.807) is 25.1 Å². The minimum atomic E-state index is -0.729. The zero-order valence-corrected chi connectivity index (χ0v) is 14.6. The van der Waals surface area contributed by atoms with Crippen LogP contribution in [0, 0.1) is 23.2 Å². The number of hydrogen-bond acceptors (Lipinski definition) is 3. The highest BCUT2D eigenvalue weighted by molar-refractivity contribution is 6.35. The van der Waals surface area contributed by atoms with E-state index in [2.05, 4.69) is 11.4 Å². The van der Waals surface area contributed by atoms with Crippen molar-refractivity contribution in [3.05, 3.63) is 28.2 Å². The fourth-order valence-corrected chi connectivity index (χ4v) is 2.54. The fourth-order valence-electron chi connectivity index (χ4n) is 2.08. The van der Waals surface area contributed by atoms with Gasteiger partial charge in [-0.2, -0.15) is 5.26 Å². The molecule has 0 bridgehead atoms. The molecular weight excluding hydrogens is 323 g/mol. The highest BCUT2D eigenvalue weighted by Crippen LogP contribution is 2.28. The van der Waals surface area contributed by atoms with Crippen molar-refractivity contribution in [1.82, 2.24) is 5.32 Å². The summed E-state index contributed by atoms with van der Waals surface area (Å²) in [5, 5.41) is 12.8. The van der Waals surface area contributed by atoms with E-state index in [1.165, 1.54) is 0 Å². The molecule has 3 unspecified atom stereocenters. The molecule has 22 heavy (non-hydrogen) atoms. The van der Waals surface area contributed by atoms with Crippen molar-refractivity contribution in [1.29, 1.82) is 5.26 Å². The Kier molecular flexibility index (Phi) is 6.99. The van der Waals surface area contributed by atoms with E-state index in [-0.39, 0.29) is 23.8 Å². The molecule has 0 fully saturated rings. The number of nitriles is 1. The van der Waals surface area contributed by atoms with Gasteiger partial charge in [0.25, 0.3) is 5.91 Å². The Labute approximate surface area is 141 Å². The Morgan fingerprint density at radius 2 is 1.91 bits per heavy atom. The number of halogens is 2. The predicted molar refractivity (Wildman–Crippen MR) is 88.1 cm³/mol. The van der Waals surface area contributed by atoms with Gasteiger partial charge in [0.05, 0.1) is 17.0 Å². The van der Waals surface area contributed by atoms with E-state index >= 15 is 0 Å². The summed E-state index contributed by atoms with van der Waals surface area (Å²) in [6.07, 6.45) is -0.729. The molecule has 1 N–H and O–H groups in total. The summed E-state index contributed by atoms with van der Waals surface area (Å²) >= 11 is 11.8. The monoisotopic (exact) mass is 342 g/mol. The number of ether oxygens (including phenoxy) is 1. The highest BCUT2D eigenvalue weighted by atomic mass is 35.5. The van der Waals surface area contributed by atoms with E-state index < -0.39 is 6.10 Å². The number of benzene rings is 1. The quantitative estimate of drug-likeness (QED) is 0.847. The number of nitrogens with zero attached hydrogens (tertiary/aromatic N) is 1. The van der Waals surface area contributed by atoms with Gasteiger partial charge in [0.1, 0.15) is 5.75 Å². The van der Waals surface area contributed by atoms with Crippen LogP contribution in [0.25, 0.3) is 0 Å². The van der Waals surface area contributed by atoms with Gasteiger partial charge in [0.15, 0.2) is 6.10 Å². The molecule has 0 aliphatic carbocycles. The predicted octanol–water partition coefficient (Wildman–Crippen LogP) is 4.06. The normalized spacial score (nSPS) is 14.8. The average molecular weight is 343 g/mol. The van der Waals surface area contributed by atoms with Crippen LogP contribution in [0.4, 0.5) is 0 Å². The van der Waals surface area contributed by atoms with Gasteiger partial charge in [-0.1, -0.05) is 37.0 Å². The van der Waals surface area contributed by atoms with E-state index in [0.29, 0.717) is 15.8 Å². The van der Waals surface area contributed by atoms with Gasteiger partial charge < -0.3 is 10.1 Å². The maximum Gasteiger partial charge on any atom is 0.261 e. The topological polar surface area (TPSA) is 62.1 Å². The SMILES string of the molecule is CC(Oc1ccc(Cl)cc1Cl)C(=O)NC(C)C(C#N)C(C)C. The first-order chi connectivity index (χ1) is 10.3. The second-order valence-corrected chi connectivity index (χ2v) is 6.37. The molecule has 0 aliphatic heterocycles. The first kappa shape index (κ1) is 18.6. The molecule has 1 aromatic carbocycles. The minimum absolute atomic E-state index is 0.155. The van der Waals surface area contributed by atoms with Crippen LogP contribution >= 0.6 is 23.2 Å². The van der Waals surface area contributed by atoms with Gasteiger partial charge in [-0.25, -0.2) is 0 Å². The maximum atomic E-state index is 12.2. The molecule has 0 saturated heterocycles. The third-order valence-electron chi connectivity index (χ3n) is 3.34. The summed E-state index contributed by atoms with van der Waals surface area (Å²) in [5.41, 5.74) is 0. The second kappa shape index (κ2) is 8.26. The second-order valence-electron chi connectivity index (χ2n) is 5.53. The Balaban J connectivity index is 2.67. The molecule has 4 nitrogen and oxygen atoms in total. The first-order valence-electron chi connectivity index (χ1n) is 7.08. The molecule has 1 aromatic rings. The van der Waals surface area contributed by atoms with Crippen molar-refractivity contribution >= 4 is 29.1 Å². The molecule has 1 rings (SSSR count). The molecule has 0 aliphatic rings. The highest BCUT2D eigenvalue weighted by Gasteiger charge is 2.25. The van der Waals surface area contributed by atoms with E-state index in [4.69, 9.17) is 33.2 Å². The van der Waals surface area contributed by atoms with Crippen molar-refractivity contribution in [2.24, 2.45) is 11.8 Å².